The van der Waals surface area contributed by atoms with Gasteiger partial charge in [0.1, 0.15) is 21.9 Å². The average Bonchev–Trinajstić information content (AvgIpc) is 2.34. The summed E-state index contributed by atoms with van der Waals surface area (Å²) in [4.78, 5) is 8.73. The van der Waals surface area contributed by atoms with Gasteiger partial charge in [0.25, 0.3) is 0 Å². The summed E-state index contributed by atoms with van der Waals surface area (Å²) >= 11 is 3.36. The summed E-state index contributed by atoms with van der Waals surface area (Å²) in [7, 11) is 0. The lowest BCUT2D eigenvalue weighted by Gasteiger charge is -2.18. The Hall–Kier alpha value is -1.62. The molecular formula is C14H16BrN3O. The maximum Gasteiger partial charge on any atom is 0.239 e. The van der Waals surface area contributed by atoms with Crippen molar-refractivity contribution in [1.82, 2.24) is 9.97 Å². The molecule has 2 N–H and O–H groups in total. The number of nitrogens with zero attached hydrogens (tertiary/aromatic N) is 2. The number of para-hydroxylation sites is 1. The second-order valence-corrected chi connectivity index (χ2v) is 6.01. The summed E-state index contributed by atoms with van der Waals surface area (Å²) in [5.74, 6) is 2.18. The third kappa shape index (κ3) is 3.23. The van der Waals surface area contributed by atoms with Crippen LogP contribution in [0.15, 0.2) is 34.8 Å². The maximum atomic E-state index is 5.89. The van der Waals surface area contributed by atoms with E-state index in [2.05, 4.69) is 25.9 Å². The van der Waals surface area contributed by atoms with E-state index in [1.54, 1.807) is 0 Å². The van der Waals surface area contributed by atoms with Crippen molar-refractivity contribution in [3.05, 3.63) is 40.6 Å². The van der Waals surface area contributed by atoms with Crippen LogP contribution >= 0.6 is 15.9 Å². The van der Waals surface area contributed by atoms with E-state index in [0.29, 0.717) is 27.7 Å². The number of benzene rings is 1. The Labute approximate surface area is 121 Å². The summed E-state index contributed by atoms with van der Waals surface area (Å²) in [6.45, 7) is 6.09. The van der Waals surface area contributed by atoms with Crippen LogP contribution in [0.2, 0.25) is 0 Å². The highest BCUT2D eigenvalue weighted by molar-refractivity contribution is 9.10. The molecule has 0 spiro atoms. The highest BCUT2D eigenvalue weighted by Gasteiger charge is 2.21. The monoisotopic (exact) mass is 321 g/mol. The van der Waals surface area contributed by atoms with E-state index >= 15 is 0 Å². The van der Waals surface area contributed by atoms with Crippen molar-refractivity contribution in [2.75, 3.05) is 5.73 Å². The first-order valence-corrected chi connectivity index (χ1v) is 6.73. The van der Waals surface area contributed by atoms with Gasteiger partial charge in [-0.15, -0.1) is 0 Å². The number of aromatic nitrogens is 2. The second kappa shape index (κ2) is 5.17. The van der Waals surface area contributed by atoms with E-state index < -0.39 is 0 Å². The van der Waals surface area contributed by atoms with Gasteiger partial charge in [-0.2, -0.15) is 4.98 Å². The molecule has 0 aliphatic heterocycles. The molecule has 1 aromatic heterocycles. The number of anilines is 1. The number of hydrogen-bond acceptors (Lipinski definition) is 4. The number of ether oxygens (including phenoxy) is 1. The van der Waals surface area contributed by atoms with Crippen LogP contribution in [0.5, 0.6) is 11.6 Å². The molecule has 0 fully saturated rings. The molecule has 0 aliphatic rings. The third-order valence-electron chi connectivity index (χ3n) is 2.48. The van der Waals surface area contributed by atoms with E-state index in [1.807, 2.05) is 51.1 Å². The van der Waals surface area contributed by atoms with Crippen molar-refractivity contribution in [3.8, 4) is 11.6 Å². The summed E-state index contributed by atoms with van der Waals surface area (Å²) in [6, 6.07) is 9.46. The van der Waals surface area contributed by atoms with E-state index in [9.17, 15) is 0 Å². The average molecular weight is 322 g/mol. The molecule has 0 amide bonds. The minimum Gasteiger partial charge on any atom is -0.438 e. The van der Waals surface area contributed by atoms with Gasteiger partial charge < -0.3 is 10.5 Å². The Balaban J connectivity index is 2.42. The lowest BCUT2D eigenvalue weighted by molar-refractivity contribution is 0.443. The first kappa shape index (κ1) is 13.8. The molecule has 0 saturated heterocycles. The van der Waals surface area contributed by atoms with Crippen molar-refractivity contribution in [3.63, 3.8) is 0 Å². The molecule has 0 bridgehead atoms. The first-order valence-electron chi connectivity index (χ1n) is 5.94. The fourth-order valence-corrected chi connectivity index (χ4v) is 1.70. The number of nitrogens with two attached hydrogens (primary N) is 1. The predicted molar refractivity (Wildman–Crippen MR) is 79.4 cm³/mol. The van der Waals surface area contributed by atoms with E-state index in [4.69, 9.17) is 10.5 Å². The quantitative estimate of drug-likeness (QED) is 0.910. The van der Waals surface area contributed by atoms with Crippen LogP contribution in [0.1, 0.15) is 26.6 Å². The number of rotatable bonds is 2. The van der Waals surface area contributed by atoms with Gasteiger partial charge in [-0.3, -0.25) is 0 Å². The molecule has 0 unspecified atom stereocenters. The maximum absolute atomic E-state index is 5.89. The van der Waals surface area contributed by atoms with Gasteiger partial charge in [-0.1, -0.05) is 39.0 Å². The van der Waals surface area contributed by atoms with Gasteiger partial charge in [-0.25, -0.2) is 4.98 Å². The van der Waals surface area contributed by atoms with Gasteiger partial charge in [0, 0.05) is 5.41 Å². The zero-order chi connectivity index (χ0) is 14.0. The highest BCUT2D eigenvalue weighted by Crippen LogP contribution is 2.33. The molecule has 1 aromatic carbocycles. The van der Waals surface area contributed by atoms with Crippen molar-refractivity contribution in [2.45, 2.75) is 26.2 Å². The molecule has 2 aromatic rings. The smallest absolute Gasteiger partial charge is 0.239 e. The minimum absolute atomic E-state index is 0.191. The van der Waals surface area contributed by atoms with E-state index in [0.717, 1.165) is 0 Å². The zero-order valence-electron chi connectivity index (χ0n) is 11.1. The molecule has 0 radical (unpaired) electrons. The summed E-state index contributed by atoms with van der Waals surface area (Å²) in [6.07, 6.45) is 0. The topological polar surface area (TPSA) is 61.0 Å². The Kier molecular flexibility index (Phi) is 3.75. The molecule has 0 saturated carbocycles. The van der Waals surface area contributed by atoms with Crippen LogP contribution in [-0.2, 0) is 5.41 Å². The fraction of sp³-hybridized carbons (Fsp3) is 0.286. The van der Waals surface area contributed by atoms with Crippen LogP contribution in [0.3, 0.4) is 0 Å². The summed E-state index contributed by atoms with van der Waals surface area (Å²) < 4.78 is 6.32. The highest BCUT2D eigenvalue weighted by atomic mass is 79.9. The van der Waals surface area contributed by atoms with Crippen molar-refractivity contribution >= 4 is 21.7 Å². The normalized spacial score (nSPS) is 11.4. The van der Waals surface area contributed by atoms with Crippen molar-refractivity contribution in [2.24, 2.45) is 0 Å². The van der Waals surface area contributed by atoms with Gasteiger partial charge in [0.05, 0.1) is 0 Å². The summed E-state index contributed by atoms with van der Waals surface area (Å²) in [5, 5.41) is 0. The number of halogens is 1. The second-order valence-electron chi connectivity index (χ2n) is 5.22. The number of nitrogen functional groups attached to an aromatic ring is 1. The number of hydrogen-bond donors (Lipinski definition) is 1. The molecule has 2 rings (SSSR count). The Bertz CT molecular complexity index is 579. The molecule has 5 heteroatoms. The molecule has 19 heavy (non-hydrogen) atoms. The van der Waals surface area contributed by atoms with Crippen molar-refractivity contribution in [1.29, 1.82) is 0 Å². The lowest BCUT2D eigenvalue weighted by atomic mass is 9.96. The molecule has 100 valence electrons. The van der Waals surface area contributed by atoms with Crippen LogP contribution in [0.25, 0.3) is 0 Å². The molecular weight excluding hydrogens is 306 g/mol. The van der Waals surface area contributed by atoms with E-state index in [-0.39, 0.29) is 5.41 Å². The standard InChI is InChI=1S/C14H16BrN3O/c1-14(2,3)13-17-11(16)10(15)12(18-13)19-9-7-5-4-6-8-9/h4-8H,1-3H3,(H2,16,17,18). The van der Waals surface area contributed by atoms with Gasteiger partial charge in [-0.05, 0) is 28.1 Å². The largest absolute Gasteiger partial charge is 0.438 e. The van der Waals surface area contributed by atoms with Crippen molar-refractivity contribution < 1.29 is 4.74 Å². The first-order chi connectivity index (χ1) is 8.88. The van der Waals surface area contributed by atoms with Gasteiger partial charge in [0.15, 0.2) is 0 Å². The molecule has 0 aliphatic carbocycles. The van der Waals surface area contributed by atoms with Crippen LogP contribution in [0.4, 0.5) is 5.82 Å². The van der Waals surface area contributed by atoms with E-state index in [1.165, 1.54) is 0 Å². The fourth-order valence-electron chi connectivity index (χ4n) is 1.45. The Morgan fingerprint density at radius 1 is 1.11 bits per heavy atom. The van der Waals surface area contributed by atoms with Crippen LogP contribution < -0.4 is 10.5 Å². The van der Waals surface area contributed by atoms with Crippen LogP contribution in [0, 0.1) is 0 Å². The zero-order valence-corrected chi connectivity index (χ0v) is 12.7. The Morgan fingerprint density at radius 3 is 2.32 bits per heavy atom. The third-order valence-corrected chi connectivity index (χ3v) is 3.22. The van der Waals surface area contributed by atoms with Gasteiger partial charge in [0.2, 0.25) is 5.88 Å². The van der Waals surface area contributed by atoms with Gasteiger partial charge >= 0.3 is 0 Å². The Morgan fingerprint density at radius 2 is 1.74 bits per heavy atom. The van der Waals surface area contributed by atoms with Crippen LogP contribution in [-0.4, -0.2) is 9.97 Å². The predicted octanol–water partition coefficient (Wildman–Crippen LogP) is 3.91. The molecule has 0 atom stereocenters. The summed E-state index contributed by atoms with van der Waals surface area (Å²) in [5.41, 5.74) is 5.70. The molecule has 1 heterocycles. The SMILES string of the molecule is CC(C)(C)c1nc(N)c(Br)c(Oc2ccccc2)n1. The minimum atomic E-state index is -0.191. The lowest BCUT2D eigenvalue weighted by Crippen LogP contribution is -2.17. The molecule has 4 nitrogen and oxygen atoms in total.